The standard InChI is InChI=1S/C16H24ClN3/c1-5-9-20(10-6-2)16-8-7-14(17)15(19-16)12-18-11-13(3)4/h1,7-8,13,18H,6,9-12H2,2-4H3. The van der Waals surface area contributed by atoms with E-state index in [-0.39, 0.29) is 0 Å². The lowest BCUT2D eigenvalue weighted by atomic mass is 10.2. The Morgan fingerprint density at radius 1 is 1.45 bits per heavy atom. The summed E-state index contributed by atoms with van der Waals surface area (Å²) in [5.41, 5.74) is 0.878. The van der Waals surface area contributed by atoms with Gasteiger partial charge in [-0.1, -0.05) is 38.3 Å². The second-order valence-corrected chi connectivity index (χ2v) is 5.66. The van der Waals surface area contributed by atoms with Crippen molar-refractivity contribution in [3.8, 4) is 12.3 Å². The molecule has 0 bridgehead atoms. The maximum absolute atomic E-state index is 6.21. The highest BCUT2D eigenvalue weighted by molar-refractivity contribution is 6.31. The first-order valence-corrected chi connectivity index (χ1v) is 7.50. The number of terminal acetylenes is 1. The number of hydrogen-bond donors (Lipinski definition) is 1. The van der Waals surface area contributed by atoms with E-state index in [1.165, 1.54) is 0 Å². The van der Waals surface area contributed by atoms with Crippen molar-refractivity contribution in [1.29, 1.82) is 0 Å². The predicted octanol–water partition coefficient (Wildman–Crippen LogP) is 3.33. The Labute approximate surface area is 127 Å². The first kappa shape index (κ1) is 16.8. The zero-order chi connectivity index (χ0) is 15.0. The van der Waals surface area contributed by atoms with E-state index in [1.54, 1.807) is 0 Å². The van der Waals surface area contributed by atoms with Crippen LogP contribution in [0.15, 0.2) is 12.1 Å². The van der Waals surface area contributed by atoms with E-state index in [2.05, 4.69) is 41.9 Å². The van der Waals surface area contributed by atoms with Gasteiger partial charge in [0.05, 0.1) is 17.3 Å². The molecule has 0 saturated heterocycles. The van der Waals surface area contributed by atoms with Crippen molar-refractivity contribution in [2.75, 3.05) is 24.5 Å². The van der Waals surface area contributed by atoms with Crippen molar-refractivity contribution < 1.29 is 0 Å². The fourth-order valence-corrected chi connectivity index (χ4v) is 2.08. The molecule has 3 nitrogen and oxygen atoms in total. The Hall–Kier alpha value is -1.24. The van der Waals surface area contributed by atoms with Crippen LogP contribution in [0, 0.1) is 18.3 Å². The maximum atomic E-state index is 6.21. The minimum absolute atomic E-state index is 0.571. The lowest BCUT2D eigenvalue weighted by molar-refractivity contribution is 0.548. The van der Waals surface area contributed by atoms with Crippen LogP contribution < -0.4 is 10.2 Å². The molecule has 0 aliphatic rings. The molecule has 0 aromatic carbocycles. The predicted molar refractivity (Wildman–Crippen MR) is 87.1 cm³/mol. The summed E-state index contributed by atoms with van der Waals surface area (Å²) in [7, 11) is 0. The summed E-state index contributed by atoms with van der Waals surface area (Å²) in [6.07, 6.45) is 6.46. The number of pyridine rings is 1. The second-order valence-electron chi connectivity index (χ2n) is 5.25. The Morgan fingerprint density at radius 3 is 2.80 bits per heavy atom. The molecular formula is C16H24ClN3. The number of halogens is 1. The SMILES string of the molecule is C#CCN(CCC)c1ccc(Cl)c(CNCC(C)C)n1. The first-order chi connectivity index (χ1) is 9.58. The number of rotatable bonds is 8. The lowest BCUT2D eigenvalue weighted by Crippen LogP contribution is -2.26. The molecule has 1 heterocycles. The van der Waals surface area contributed by atoms with E-state index in [9.17, 15) is 0 Å². The van der Waals surface area contributed by atoms with Crippen molar-refractivity contribution in [3.63, 3.8) is 0 Å². The summed E-state index contributed by atoms with van der Waals surface area (Å²) in [6, 6.07) is 3.83. The number of anilines is 1. The number of aromatic nitrogens is 1. The number of nitrogens with zero attached hydrogens (tertiary/aromatic N) is 2. The molecular weight excluding hydrogens is 270 g/mol. The molecule has 0 spiro atoms. The molecule has 0 saturated carbocycles. The van der Waals surface area contributed by atoms with E-state index in [4.69, 9.17) is 18.0 Å². The van der Waals surface area contributed by atoms with E-state index in [1.807, 2.05) is 12.1 Å². The maximum Gasteiger partial charge on any atom is 0.129 e. The summed E-state index contributed by atoms with van der Waals surface area (Å²) in [5.74, 6) is 4.19. The molecule has 0 amide bonds. The van der Waals surface area contributed by atoms with Crippen molar-refractivity contribution >= 4 is 17.4 Å². The van der Waals surface area contributed by atoms with Crippen LogP contribution in [0.25, 0.3) is 0 Å². The highest BCUT2D eigenvalue weighted by Gasteiger charge is 2.09. The molecule has 0 fully saturated rings. The zero-order valence-electron chi connectivity index (χ0n) is 12.6. The van der Waals surface area contributed by atoms with Crippen LogP contribution in [0.1, 0.15) is 32.9 Å². The van der Waals surface area contributed by atoms with Gasteiger partial charge < -0.3 is 10.2 Å². The second kappa shape index (κ2) is 8.84. The highest BCUT2D eigenvalue weighted by atomic mass is 35.5. The highest BCUT2D eigenvalue weighted by Crippen LogP contribution is 2.19. The molecule has 1 rings (SSSR count). The van der Waals surface area contributed by atoms with E-state index in [0.717, 1.165) is 31.0 Å². The fourth-order valence-electron chi connectivity index (χ4n) is 1.91. The van der Waals surface area contributed by atoms with E-state index in [0.29, 0.717) is 24.0 Å². The molecule has 0 radical (unpaired) electrons. The smallest absolute Gasteiger partial charge is 0.129 e. The van der Waals surface area contributed by atoms with Crippen molar-refractivity contribution in [3.05, 3.63) is 22.8 Å². The van der Waals surface area contributed by atoms with Crippen molar-refractivity contribution in [2.24, 2.45) is 5.92 Å². The van der Waals surface area contributed by atoms with Gasteiger partial charge in [0.25, 0.3) is 0 Å². The fraction of sp³-hybridized carbons (Fsp3) is 0.562. The van der Waals surface area contributed by atoms with Crippen LogP contribution in [-0.2, 0) is 6.54 Å². The molecule has 0 aliphatic carbocycles. The van der Waals surface area contributed by atoms with Gasteiger partial charge in [0.1, 0.15) is 5.82 Å². The van der Waals surface area contributed by atoms with E-state index < -0.39 is 0 Å². The summed E-state index contributed by atoms with van der Waals surface area (Å²) < 4.78 is 0. The average Bonchev–Trinajstić information content (AvgIpc) is 2.40. The van der Waals surface area contributed by atoms with Gasteiger partial charge in [0.2, 0.25) is 0 Å². The summed E-state index contributed by atoms with van der Waals surface area (Å²) >= 11 is 6.21. The summed E-state index contributed by atoms with van der Waals surface area (Å²) in [6.45, 7) is 9.58. The van der Waals surface area contributed by atoms with Gasteiger partial charge in [0.15, 0.2) is 0 Å². The van der Waals surface area contributed by atoms with E-state index >= 15 is 0 Å². The van der Waals surface area contributed by atoms with Crippen LogP contribution in [-0.4, -0.2) is 24.6 Å². The number of hydrogen-bond acceptors (Lipinski definition) is 3. The Kier molecular flexibility index (Phi) is 7.43. The summed E-state index contributed by atoms with van der Waals surface area (Å²) in [4.78, 5) is 6.74. The normalized spacial score (nSPS) is 10.6. The molecule has 1 N–H and O–H groups in total. The largest absolute Gasteiger partial charge is 0.345 e. The Bertz CT molecular complexity index is 452. The van der Waals surface area contributed by atoms with Gasteiger partial charge in [0, 0.05) is 13.1 Å². The van der Waals surface area contributed by atoms with Gasteiger partial charge in [-0.15, -0.1) is 6.42 Å². The first-order valence-electron chi connectivity index (χ1n) is 7.13. The molecule has 110 valence electrons. The minimum atomic E-state index is 0.571. The van der Waals surface area contributed by atoms with Crippen LogP contribution in [0.5, 0.6) is 0 Å². The monoisotopic (exact) mass is 293 g/mol. The van der Waals surface area contributed by atoms with Gasteiger partial charge in [-0.3, -0.25) is 0 Å². The summed E-state index contributed by atoms with van der Waals surface area (Å²) in [5, 5.41) is 4.06. The van der Waals surface area contributed by atoms with Gasteiger partial charge in [-0.05, 0) is 31.0 Å². The van der Waals surface area contributed by atoms with Crippen LogP contribution in [0.3, 0.4) is 0 Å². The topological polar surface area (TPSA) is 28.2 Å². The van der Waals surface area contributed by atoms with Gasteiger partial charge >= 0.3 is 0 Å². The molecule has 20 heavy (non-hydrogen) atoms. The minimum Gasteiger partial charge on any atom is -0.345 e. The molecule has 0 unspecified atom stereocenters. The molecule has 0 aliphatic heterocycles. The van der Waals surface area contributed by atoms with Crippen LogP contribution in [0.4, 0.5) is 5.82 Å². The molecule has 1 aromatic rings. The van der Waals surface area contributed by atoms with Crippen molar-refractivity contribution in [1.82, 2.24) is 10.3 Å². The third-order valence-corrected chi connectivity index (χ3v) is 3.19. The van der Waals surface area contributed by atoms with Gasteiger partial charge in [-0.25, -0.2) is 4.98 Å². The average molecular weight is 294 g/mol. The third kappa shape index (κ3) is 5.40. The van der Waals surface area contributed by atoms with Crippen LogP contribution in [0.2, 0.25) is 5.02 Å². The van der Waals surface area contributed by atoms with Crippen molar-refractivity contribution in [2.45, 2.75) is 33.7 Å². The Morgan fingerprint density at radius 2 is 2.20 bits per heavy atom. The third-order valence-electron chi connectivity index (χ3n) is 2.85. The Balaban J connectivity index is 2.80. The lowest BCUT2D eigenvalue weighted by Gasteiger charge is -2.21. The quantitative estimate of drug-likeness (QED) is 0.745. The zero-order valence-corrected chi connectivity index (χ0v) is 13.4. The van der Waals surface area contributed by atoms with Gasteiger partial charge in [-0.2, -0.15) is 0 Å². The molecule has 0 atom stereocenters. The molecule has 1 aromatic heterocycles. The van der Waals surface area contributed by atoms with Crippen LogP contribution >= 0.6 is 11.6 Å². The molecule has 4 heteroatoms. The number of nitrogens with one attached hydrogen (secondary N) is 1.